The van der Waals surface area contributed by atoms with E-state index in [9.17, 15) is 0 Å². The second-order valence-electron chi connectivity index (χ2n) is 3.89. The molecule has 0 spiro atoms. The predicted octanol–water partition coefficient (Wildman–Crippen LogP) is 3.20. The molecule has 0 aromatic carbocycles. The maximum absolute atomic E-state index is 8.50. The van der Waals surface area contributed by atoms with E-state index in [2.05, 4.69) is 6.92 Å². The van der Waals surface area contributed by atoms with Gasteiger partial charge in [0, 0.05) is 0 Å². The van der Waals surface area contributed by atoms with Crippen LogP contribution in [0, 0.1) is 0 Å². The Morgan fingerprint density at radius 1 is 1.27 bits per heavy atom. The van der Waals surface area contributed by atoms with Crippen molar-refractivity contribution in [3.63, 3.8) is 0 Å². The fourth-order valence-corrected chi connectivity index (χ4v) is 0.601. The Kier molecular flexibility index (Phi) is 13.6. The Morgan fingerprint density at radius 3 is 2.20 bits per heavy atom. The fraction of sp³-hybridized carbons (Fsp3) is 0.800. The van der Waals surface area contributed by atoms with Crippen LogP contribution in [0.5, 0.6) is 0 Å². The van der Waals surface area contributed by atoms with Gasteiger partial charge in [0.25, 0.3) is 0 Å². The third-order valence-corrected chi connectivity index (χ3v) is 1.17. The number of hydrogen-bond acceptors (Lipinski definition) is 4. The minimum absolute atomic E-state index is 0.227. The molecule has 88 valence electrons. The normalized spacial score (nSPS) is 10.4. The summed E-state index contributed by atoms with van der Waals surface area (Å²) in [5.74, 6) is 0. The van der Waals surface area contributed by atoms with Crippen LogP contribution in [-0.2, 0) is 35.5 Å². The average Bonchev–Trinajstić information content (AvgIpc) is 2.11. The molecule has 0 rings (SSSR count). The standard InChI is InChI=1S/C10H20O2.2O.Ti/c1-5-6-7-8-9-11-12-10(2,3)4;;;/h8-9H,5-7H2,1-4H3;;;. The van der Waals surface area contributed by atoms with Crippen LogP contribution in [0.3, 0.4) is 0 Å². The second-order valence-corrected chi connectivity index (χ2v) is 4.15. The van der Waals surface area contributed by atoms with Crippen LogP contribution < -0.4 is 0 Å². The Bertz CT molecular complexity index is 190. The van der Waals surface area contributed by atoms with Gasteiger partial charge >= 0.3 is 25.7 Å². The summed E-state index contributed by atoms with van der Waals surface area (Å²) in [4.78, 5) is 9.89. The van der Waals surface area contributed by atoms with Crippen molar-refractivity contribution in [2.24, 2.45) is 0 Å². The molecule has 0 atom stereocenters. The molecule has 0 amide bonds. The van der Waals surface area contributed by atoms with Gasteiger partial charge in [0.2, 0.25) is 0 Å². The SMILES string of the molecule is CCCCC=COOC(C)(C)C.[O]=[Ti]=[O]. The minimum atomic E-state index is -2.00. The van der Waals surface area contributed by atoms with Crippen molar-refractivity contribution in [1.29, 1.82) is 0 Å². The molecule has 15 heavy (non-hydrogen) atoms. The van der Waals surface area contributed by atoms with Gasteiger partial charge in [-0.25, -0.2) is 0 Å². The zero-order valence-corrected chi connectivity index (χ0v) is 11.5. The third kappa shape index (κ3) is 24.8. The first kappa shape index (κ1) is 17.2. The molecule has 0 saturated carbocycles. The van der Waals surface area contributed by atoms with E-state index >= 15 is 0 Å². The van der Waals surface area contributed by atoms with Gasteiger partial charge in [-0.2, -0.15) is 4.89 Å². The molecule has 0 N–H and O–H groups in total. The summed E-state index contributed by atoms with van der Waals surface area (Å²) in [6.07, 6.45) is 7.07. The Hall–Kier alpha value is -0.186. The van der Waals surface area contributed by atoms with Crippen molar-refractivity contribution >= 4 is 0 Å². The summed E-state index contributed by atoms with van der Waals surface area (Å²) in [6, 6.07) is 0. The molecule has 0 saturated heterocycles. The van der Waals surface area contributed by atoms with E-state index < -0.39 is 19.1 Å². The zero-order chi connectivity index (χ0) is 12.2. The number of rotatable bonds is 5. The van der Waals surface area contributed by atoms with Gasteiger partial charge in [0.05, 0.1) is 0 Å². The van der Waals surface area contributed by atoms with Crippen molar-refractivity contribution in [2.75, 3.05) is 0 Å². The molecule has 0 heterocycles. The molecule has 0 aliphatic carbocycles. The van der Waals surface area contributed by atoms with Gasteiger partial charge in [0.1, 0.15) is 11.9 Å². The van der Waals surface area contributed by atoms with E-state index in [-0.39, 0.29) is 5.60 Å². The van der Waals surface area contributed by atoms with Crippen LogP contribution in [-0.4, -0.2) is 5.60 Å². The molecule has 0 radical (unpaired) electrons. The molecule has 0 aliphatic rings. The van der Waals surface area contributed by atoms with E-state index in [0.29, 0.717) is 0 Å². The number of unbranched alkanes of at least 4 members (excludes halogenated alkanes) is 2. The van der Waals surface area contributed by atoms with E-state index in [4.69, 9.17) is 16.4 Å². The van der Waals surface area contributed by atoms with E-state index in [1.54, 1.807) is 6.26 Å². The Morgan fingerprint density at radius 2 is 1.80 bits per heavy atom. The molecular formula is C10H20O4Ti. The van der Waals surface area contributed by atoms with Crippen molar-refractivity contribution in [2.45, 2.75) is 52.6 Å². The van der Waals surface area contributed by atoms with Crippen molar-refractivity contribution in [3.8, 4) is 0 Å². The van der Waals surface area contributed by atoms with Crippen LogP contribution in [0.1, 0.15) is 47.0 Å². The van der Waals surface area contributed by atoms with Crippen molar-refractivity contribution in [3.05, 3.63) is 12.3 Å². The average molecular weight is 252 g/mol. The molecule has 4 nitrogen and oxygen atoms in total. The zero-order valence-electron chi connectivity index (χ0n) is 9.91. The van der Waals surface area contributed by atoms with Gasteiger partial charge in [0.15, 0.2) is 0 Å². The summed E-state index contributed by atoms with van der Waals surface area (Å²) < 4.78 is 17.0. The second kappa shape index (κ2) is 11.9. The van der Waals surface area contributed by atoms with Gasteiger partial charge in [-0.05, 0) is 39.7 Å². The van der Waals surface area contributed by atoms with Crippen molar-refractivity contribution in [1.82, 2.24) is 0 Å². The monoisotopic (exact) mass is 252 g/mol. The molecule has 0 aromatic rings. The number of allylic oxidation sites excluding steroid dienone is 1. The summed E-state index contributed by atoms with van der Waals surface area (Å²) in [7, 11) is 0. The molecular weight excluding hydrogens is 232 g/mol. The molecule has 0 fully saturated rings. The Balaban J connectivity index is 0. The van der Waals surface area contributed by atoms with Crippen LogP contribution in [0.2, 0.25) is 0 Å². The van der Waals surface area contributed by atoms with Gasteiger partial charge in [-0.15, -0.1) is 0 Å². The topological polar surface area (TPSA) is 52.6 Å². The summed E-state index contributed by atoms with van der Waals surface area (Å²) in [5, 5.41) is 0. The number of hydrogen-bond donors (Lipinski definition) is 0. The molecule has 5 heteroatoms. The van der Waals surface area contributed by atoms with Crippen LogP contribution >= 0.6 is 0 Å². The van der Waals surface area contributed by atoms with E-state index in [0.717, 1.165) is 6.42 Å². The van der Waals surface area contributed by atoms with Gasteiger partial charge in [-0.1, -0.05) is 13.3 Å². The first-order chi connectivity index (χ1) is 6.97. The van der Waals surface area contributed by atoms with Gasteiger partial charge in [-0.3, -0.25) is 0 Å². The fourth-order valence-electron chi connectivity index (χ4n) is 0.601. The van der Waals surface area contributed by atoms with E-state index in [1.807, 2.05) is 26.8 Å². The van der Waals surface area contributed by atoms with Crippen LogP contribution in [0.15, 0.2) is 12.3 Å². The summed E-state index contributed by atoms with van der Waals surface area (Å²) in [6.45, 7) is 8.02. The third-order valence-electron chi connectivity index (χ3n) is 1.17. The van der Waals surface area contributed by atoms with Crippen LogP contribution in [0.4, 0.5) is 0 Å². The molecule has 0 aromatic heterocycles. The molecule has 0 bridgehead atoms. The quantitative estimate of drug-likeness (QED) is 0.248. The summed E-state index contributed by atoms with van der Waals surface area (Å²) in [5.41, 5.74) is -0.227. The van der Waals surface area contributed by atoms with Crippen LogP contribution in [0.25, 0.3) is 0 Å². The molecule has 0 unspecified atom stereocenters. The molecule has 0 aliphatic heterocycles. The first-order valence-electron chi connectivity index (χ1n) is 4.96. The Labute approximate surface area is 101 Å². The van der Waals surface area contributed by atoms with E-state index in [1.165, 1.54) is 12.8 Å². The first-order valence-corrected chi connectivity index (χ1v) is 6.24. The maximum atomic E-state index is 8.50. The summed E-state index contributed by atoms with van der Waals surface area (Å²) >= 11 is -2.00. The predicted molar refractivity (Wildman–Crippen MR) is 52.0 cm³/mol. The van der Waals surface area contributed by atoms with Gasteiger partial charge < -0.3 is 4.89 Å². The van der Waals surface area contributed by atoms with Crippen molar-refractivity contribution < 1.29 is 35.5 Å².